The van der Waals surface area contributed by atoms with Crippen LogP contribution in [0, 0.1) is 5.82 Å². The molecule has 0 unspecified atom stereocenters. The Hall–Kier alpha value is -2.34. The van der Waals surface area contributed by atoms with Crippen molar-refractivity contribution in [3.8, 4) is 17.1 Å². The summed E-state index contributed by atoms with van der Waals surface area (Å²) in [6, 6.07) is 16.8. The molecule has 6 heteroatoms. The monoisotopic (exact) mass is 355 g/mol. The third-order valence-corrected chi connectivity index (χ3v) is 4.93. The Balaban J connectivity index is 1.46. The molecule has 1 saturated carbocycles. The zero-order valence-corrected chi connectivity index (χ0v) is 14.5. The van der Waals surface area contributed by atoms with Crippen LogP contribution < -0.4 is 4.74 Å². The molecule has 0 radical (unpaired) electrons. The number of hydrogen-bond acceptors (Lipinski definition) is 4. The van der Waals surface area contributed by atoms with E-state index in [2.05, 4.69) is 14.8 Å². The first kappa shape index (κ1) is 16.1. The molecule has 2 aromatic carbocycles. The van der Waals surface area contributed by atoms with E-state index in [1.807, 2.05) is 36.4 Å². The molecule has 4 nitrogen and oxygen atoms in total. The van der Waals surface area contributed by atoms with Crippen molar-refractivity contribution in [2.75, 3.05) is 12.4 Å². The first-order valence-corrected chi connectivity index (χ1v) is 9.32. The second kappa shape index (κ2) is 7.27. The van der Waals surface area contributed by atoms with Gasteiger partial charge in [0.25, 0.3) is 0 Å². The van der Waals surface area contributed by atoms with Crippen molar-refractivity contribution in [3.05, 3.63) is 60.4 Å². The molecule has 0 amide bonds. The van der Waals surface area contributed by atoms with E-state index in [4.69, 9.17) is 4.74 Å². The lowest BCUT2D eigenvalue weighted by atomic mass is 10.2. The summed E-state index contributed by atoms with van der Waals surface area (Å²) in [4.78, 5) is 0. The molecule has 25 heavy (non-hydrogen) atoms. The van der Waals surface area contributed by atoms with Gasteiger partial charge in [-0.15, -0.1) is 10.2 Å². The molecule has 1 aliphatic carbocycles. The van der Waals surface area contributed by atoms with E-state index < -0.39 is 0 Å². The summed E-state index contributed by atoms with van der Waals surface area (Å²) < 4.78 is 21.9. The van der Waals surface area contributed by atoms with E-state index in [0.29, 0.717) is 24.0 Å². The molecule has 0 N–H and O–H groups in total. The van der Waals surface area contributed by atoms with Crippen LogP contribution in [0.15, 0.2) is 59.8 Å². The van der Waals surface area contributed by atoms with Gasteiger partial charge in [0, 0.05) is 11.8 Å². The smallest absolute Gasteiger partial charge is 0.191 e. The predicted octanol–water partition coefficient (Wildman–Crippen LogP) is 4.59. The van der Waals surface area contributed by atoms with E-state index in [9.17, 15) is 4.39 Å². The van der Waals surface area contributed by atoms with E-state index in [1.165, 1.54) is 6.07 Å². The molecule has 0 saturated heterocycles. The molecule has 1 heterocycles. The summed E-state index contributed by atoms with van der Waals surface area (Å²) >= 11 is 1.60. The Bertz CT molecular complexity index is 849. The fourth-order valence-electron chi connectivity index (χ4n) is 2.67. The van der Waals surface area contributed by atoms with Crippen LogP contribution in [0.2, 0.25) is 0 Å². The van der Waals surface area contributed by atoms with Gasteiger partial charge in [-0.1, -0.05) is 42.1 Å². The average Bonchev–Trinajstić information content (AvgIpc) is 3.40. The van der Waals surface area contributed by atoms with E-state index in [1.54, 1.807) is 23.9 Å². The number of hydrogen-bond donors (Lipinski definition) is 0. The SMILES string of the molecule is Fc1ccccc1-c1nnc(SCCOc2ccccc2)n1C1CC1. The number of rotatable bonds is 7. The highest BCUT2D eigenvalue weighted by atomic mass is 32.2. The zero-order chi connectivity index (χ0) is 17.1. The van der Waals surface area contributed by atoms with Crippen LogP contribution in [-0.2, 0) is 0 Å². The van der Waals surface area contributed by atoms with Crippen molar-refractivity contribution in [3.63, 3.8) is 0 Å². The van der Waals surface area contributed by atoms with Gasteiger partial charge in [-0.3, -0.25) is 4.57 Å². The summed E-state index contributed by atoms with van der Waals surface area (Å²) in [7, 11) is 0. The van der Waals surface area contributed by atoms with Gasteiger partial charge in [-0.25, -0.2) is 4.39 Å². The van der Waals surface area contributed by atoms with Gasteiger partial charge in [0.15, 0.2) is 11.0 Å². The number of benzene rings is 2. The van der Waals surface area contributed by atoms with Crippen molar-refractivity contribution >= 4 is 11.8 Å². The highest BCUT2D eigenvalue weighted by Crippen LogP contribution is 2.41. The highest BCUT2D eigenvalue weighted by molar-refractivity contribution is 7.99. The quantitative estimate of drug-likeness (QED) is 0.459. The molecule has 1 fully saturated rings. The molecule has 1 aliphatic rings. The van der Waals surface area contributed by atoms with E-state index >= 15 is 0 Å². The molecule has 0 atom stereocenters. The number of aromatic nitrogens is 3. The van der Waals surface area contributed by atoms with Gasteiger partial charge >= 0.3 is 0 Å². The number of para-hydroxylation sites is 1. The Morgan fingerprint density at radius 2 is 1.80 bits per heavy atom. The van der Waals surface area contributed by atoms with Crippen molar-refractivity contribution in [1.29, 1.82) is 0 Å². The maximum absolute atomic E-state index is 14.1. The first-order valence-electron chi connectivity index (χ1n) is 8.33. The van der Waals surface area contributed by atoms with Gasteiger partial charge in [0.2, 0.25) is 0 Å². The number of thioether (sulfide) groups is 1. The summed E-state index contributed by atoms with van der Waals surface area (Å²) in [6.07, 6.45) is 2.18. The van der Waals surface area contributed by atoms with Crippen LogP contribution in [0.3, 0.4) is 0 Å². The standard InChI is InChI=1S/C19H18FN3OS/c20-17-9-5-4-8-16(17)18-21-22-19(23(18)14-10-11-14)25-13-12-24-15-6-2-1-3-7-15/h1-9,14H,10-13H2. The summed E-state index contributed by atoms with van der Waals surface area (Å²) in [5.74, 6) is 1.98. The third-order valence-electron chi connectivity index (χ3n) is 4.02. The Morgan fingerprint density at radius 3 is 2.56 bits per heavy atom. The minimum atomic E-state index is -0.263. The largest absolute Gasteiger partial charge is 0.493 e. The van der Waals surface area contributed by atoms with Crippen molar-refractivity contribution in [2.24, 2.45) is 0 Å². The molecular weight excluding hydrogens is 337 g/mol. The van der Waals surface area contributed by atoms with Crippen LogP contribution in [0.1, 0.15) is 18.9 Å². The van der Waals surface area contributed by atoms with Gasteiger partial charge in [-0.05, 0) is 37.1 Å². The average molecular weight is 355 g/mol. The van der Waals surface area contributed by atoms with E-state index in [0.717, 1.165) is 29.5 Å². The molecule has 1 aromatic heterocycles. The van der Waals surface area contributed by atoms with Crippen molar-refractivity contribution in [1.82, 2.24) is 14.8 Å². The van der Waals surface area contributed by atoms with Gasteiger partial charge < -0.3 is 4.74 Å². The van der Waals surface area contributed by atoms with Gasteiger partial charge in [0.1, 0.15) is 11.6 Å². The minimum absolute atomic E-state index is 0.263. The Labute approximate surface area is 150 Å². The minimum Gasteiger partial charge on any atom is -0.493 e. The molecule has 0 bridgehead atoms. The summed E-state index contributed by atoms with van der Waals surface area (Å²) in [5, 5.41) is 9.38. The lowest BCUT2D eigenvalue weighted by molar-refractivity contribution is 0.344. The second-order valence-electron chi connectivity index (χ2n) is 5.90. The van der Waals surface area contributed by atoms with Gasteiger partial charge in [-0.2, -0.15) is 0 Å². The molecule has 128 valence electrons. The lowest BCUT2D eigenvalue weighted by Gasteiger charge is -2.10. The fourth-order valence-corrected chi connectivity index (χ4v) is 3.50. The number of nitrogens with zero attached hydrogens (tertiary/aromatic N) is 3. The number of halogens is 1. The molecule has 0 aliphatic heterocycles. The summed E-state index contributed by atoms with van der Waals surface area (Å²) in [5.41, 5.74) is 0.509. The van der Waals surface area contributed by atoms with Crippen molar-refractivity contribution in [2.45, 2.75) is 24.0 Å². The normalized spacial score (nSPS) is 13.8. The fraction of sp³-hybridized carbons (Fsp3) is 0.263. The third kappa shape index (κ3) is 3.69. The molecule has 3 aromatic rings. The van der Waals surface area contributed by atoms with Crippen LogP contribution in [0.4, 0.5) is 4.39 Å². The van der Waals surface area contributed by atoms with Crippen LogP contribution >= 0.6 is 11.8 Å². The summed E-state index contributed by atoms with van der Waals surface area (Å²) in [6.45, 7) is 0.585. The van der Waals surface area contributed by atoms with Crippen molar-refractivity contribution < 1.29 is 9.13 Å². The maximum atomic E-state index is 14.1. The van der Waals surface area contributed by atoms with Crippen LogP contribution in [0.5, 0.6) is 5.75 Å². The Morgan fingerprint density at radius 1 is 1.04 bits per heavy atom. The predicted molar refractivity (Wildman–Crippen MR) is 96.3 cm³/mol. The molecule has 0 spiro atoms. The maximum Gasteiger partial charge on any atom is 0.191 e. The highest BCUT2D eigenvalue weighted by Gasteiger charge is 2.30. The Kier molecular flexibility index (Phi) is 4.70. The molecular formula is C19H18FN3OS. The van der Waals surface area contributed by atoms with Crippen LogP contribution in [0.25, 0.3) is 11.4 Å². The van der Waals surface area contributed by atoms with Gasteiger partial charge in [0.05, 0.1) is 12.2 Å². The van der Waals surface area contributed by atoms with E-state index in [-0.39, 0.29) is 5.82 Å². The van der Waals surface area contributed by atoms with Crippen LogP contribution in [-0.4, -0.2) is 27.1 Å². The second-order valence-corrected chi connectivity index (χ2v) is 6.96. The first-order chi connectivity index (χ1) is 12.3. The zero-order valence-electron chi connectivity index (χ0n) is 13.6. The number of ether oxygens (including phenoxy) is 1. The lowest BCUT2D eigenvalue weighted by Crippen LogP contribution is -2.04. The topological polar surface area (TPSA) is 39.9 Å². The molecule has 4 rings (SSSR count).